The molecule has 148 valence electrons. The number of carbonyl (C=O) groups is 1. The lowest BCUT2D eigenvalue weighted by Crippen LogP contribution is -2.23. The molecule has 0 unspecified atom stereocenters. The summed E-state index contributed by atoms with van der Waals surface area (Å²) in [6.45, 7) is 1.47. The average Bonchev–Trinajstić information content (AvgIpc) is 3.44. The fourth-order valence-electron chi connectivity index (χ4n) is 3.82. The third kappa shape index (κ3) is 3.10. The normalized spacial score (nSPS) is 18.4. The van der Waals surface area contributed by atoms with Crippen molar-refractivity contribution in [3.05, 3.63) is 60.0 Å². The van der Waals surface area contributed by atoms with Crippen molar-refractivity contribution in [1.29, 1.82) is 0 Å². The molecule has 1 fully saturated rings. The lowest BCUT2D eigenvalue weighted by molar-refractivity contribution is 0.0996. The van der Waals surface area contributed by atoms with Crippen LogP contribution in [0.4, 0.5) is 15.9 Å². The lowest BCUT2D eigenvalue weighted by atomic mass is 10.2. The number of rotatable bonds is 4. The number of methoxy groups -OCH3 is 1. The molecular weight excluding hydrogens is 373 g/mol. The van der Waals surface area contributed by atoms with Crippen LogP contribution >= 0.6 is 0 Å². The van der Waals surface area contributed by atoms with Gasteiger partial charge in [0.1, 0.15) is 17.7 Å². The van der Waals surface area contributed by atoms with Crippen LogP contribution in [0.1, 0.15) is 22.5 Å². The van der Waals surface area contributed by atoms with Gasteiger partial charge in [-0.15, -0.1) is 0 Å². The molecule has 29 heavy (non-hydrogen) atoms. The van der Waals surface area contributed by atoms with Crippen LogP contribution in [0, 0.1) is 0 Å². The van der Waals surface area contributed by atoms with Gasteiger partial charge in [-0.1, -0.05) is 6.07 Å². The van der Waals surface area contributed by atoms with Crippen LogP contribution < -0.4 is 14.5 Å². The van der Waals surface area contributed by atoms with Gasteiger partial charge in [-0.3, -0.25) is 4.79 Å². The van der Waals surface area contributed by atoms with Gasteiger partial charge in [0.05, 0.1) is 43.3 Å². The van der Waals surface area contributed by atoms with Crippen molar-refractivity contribution in [3.8, 4) is 11.4 Å². The van der Waals surface area contributed by atoms with Gasteiger partial charge >= 0.3 is 0 Å². The summed E-state index contributed by atoms with van der Waals surface area (Å²) in [6, 6.07) is 11.2. The second-order valence-corrected chi connectivity index (χ2v) is 7.23. The maximum absolute atomic E-state index is 13.4. The van der Waals surface area contributed by atoms with E-state index in [0.29, 0.717) is 37.4 Å². The van der Waals surface area contributed by atoms with E-state index in [1.807, 2.05) is 41.3 Å². The first-order valence-electron chi connectivity index (χ1n) is 9.52. The van der Waals surface area contributed by atoms with Gasteiger partial charge in [0.15, 0.2) is 0 Å². The Hall–Kier alpha value is -3.42. The minimum Gasteiger partial charge on any atom is -0.497 e. The van der Waals surface area contributed by atoms with Gasteiger partial charge in [0.25, 0.3) is 5.91 Å². The summed E-state index contributed by atoms with van der Waals surface area (Å²) < 4.78 is 20.3. The molecule has 4 heterocycles. The molecule has 1 amide bonds. The highest BCUT2D eigenvalue weighted by Gasteiger charge is 2.32. The minimum atomic E-state index is -0.788. The van der Waals surface area contributed by atoms with Crippen LogP contribution in [0.25, 0.3) is 5.69 Å². The number of ether oxygens (including phenoxy) is 1. The molecule has 7 nitrogen and oxygen atoms in total. The number of amides is 1. The van der Waals surface area contributed by atoms with E-state index in [0.717, 1.165) is 22.9 Å². The van der Waals surface area contributed by atoms with E-state index in [1.165, 1.54) is 0 Å². The fraction of sp³-hybridized carbons (Fsp3) is 0.286. The van der Waals surface area contributed by atoms with Gasteiger partial charge in [-0.25, -0.2) is 14.1 Å². The number of benzene rings is 1. The first-order valence-corrected chi connectivity index (χ1v) is 9.52. The van der Waals surface area contributed by atoms with Crippen LogP contribution in [-0.2, 0) is 6.54 Å². The Morgan fingerprint density at radius 2 is 2.10 bits per heavy atom. The number of halogens is 1. The van der Waals surface area contributed by atoms with Crippen molar-refractivity contribution in [1.82, 2.24) is 14.8 Å². The third-order valence-corrected chi connectivity index (χ3v) is 5.39. The zero-order valence-corrected chi connectivity index (χ0v) is 16.0. The Bertz CT molecular complexity index is 1070. The predicted octanol–water partition coefficient (Wildman–Crippen LogP) is 2.98. The molecule has 2 aliphatic heterocycles. The summed E-state index contributed by atoms with van der Waals surface area (Å²) in [5, 5.41) is 4.58. The Morgan fingerprint density at radius 1 is 1.21 bits per heavy atom. The van der Waals surface area contributed by atoms with Gasteiger partial charge in [0.2, 0.25) is 0 Å². The molecule has 0 aliphatic carbocycles. The number of nitrogens with zero attached hydrogens (tertiary/aromatic N) is 5. The average molecular weight is 393 g/mol. The first-order chi connectivity index (χ1) is 14.1. The van der Waals surface area contributed by atoms with Gasteiger partial charge in [-0.05, 0) is 30.7 Å². The monoisotopic (exact) mass is 393 g/mol. The Kier molecular flexibility index (Phi) is 4.19. The Morgan fingerprint density at radius 3 is 2.79 bits per heavy atom. The van der Waals surface area contributed by atoms with Crippen molar-refractivity contribution in [2.75, 3.05) is 30.0 Å². The standard InChI is InChI=1S/C21H20FN5O2/c1-29-17-4-2-3-15(9-17)26-13-19-18(21(26)28)12-27(24-19)16-5-6-20(23-10-16)25-8-7-14(22)11-25/h2-6,9-10,12,14H,7-8,11,13H2,1H3/t14-/m1/s1. The van der Waals surface area contributed by atoms with Crippen molar-refractivity contribution in [2.24, 2.45) is 0 Å². The number of hydrogen-bond acceptors (Lipinski definition) is 5. The molecule has 0 bridgehead atoms. The Labute approximate surface area is 167 Å². The van der Waals surface area contributed by atoms with Crippen molar-refractivity contribution < 1.29 is 13.9 Å². The largest absolute Gasteiger partial charge is 0.497 e. The van der Waals surface area contributed by atoms with Crippen molar-refractivity contribution in [3.63, 3.8) is 0 Å². The third-order valence-electron chi connectivity index (χ3n) is 5.39. The highest BCUT2D eigenvalue weighted by Crippen LogP contribution is 2.30. The first kappa shape index (κ1) is 17.7. The number of fused-ring (bicyclic) bond motifs is 1. The zero-order valence-electron chi connectivity index (χ0n) is 16.0. The molecule has 1 atom stereocenters. The van der Waals surface area contributed by atoms with Crippen LogP contribution in [-0.4, -0.2) is 47.0 Å². The molecule has 1 aromatic carbocycles. The number of anilines is 2. The SMILES string of the molecule is COc1cccc(N2Cc3nn(-c4ccc(N5CC[C@@H](F)C5)nc4)cc3C2=O)c1. The molecule has 2 aromatic heterocycles. The molecule has 0 saturated carbocycles. The van der Waals surface area contributed by atoms with Gasteiger partial charge < -0.3 is 14.5 Å². The Balaban J connectivity index is 1.36. The minimum absolute atomic E-state index is 0.0878. The van der Waals surface area contributed by atoms with Crippen LogP contribution in [0.2, 0.25) is 0 Å². The molecule has 1 saturated heterocycles. The molecule has 0 spiro atoms. The van der Waals surface area contributed by atoms with E-state index in [2.05, 4.69) is 10.1 Å². The van der Waals surface area contributed by atoms with Gasteiger partial charge in [0, 0.05) is 24.5 Å². The number of pyridine rings is 1. The van der Waals surface area contributed by atoms with Crippen molar-refractivity contribution in [2.45, 2.75) is 19.1 Å². The van der Waals surface area contributed by atoms with E-state index in [-0.39, 0.29) is 5.91 Å². The summed E-state index contributed by atoms with van der Waals surface area (Å²) in [4.78, 5) is 20.9. The molecule has 3 aromatic rings. The summed E-state index contributed by atoms with van der Waals surface area (Å²) in [7, 11) is 1.60. The van der Waals surface area contributed by atoms with Crippen LogP contribution in [0.3, 0.4) is 0 Å². The van der Waals surface area contributed by atoms with Crippen LogP contribution in [0.15, 0.2) is 48.8 Å². The molecule has 8 heteroatoms. The van der Waals surface area contributed by atoms with Crippen LogP contribution in [0.5, 0.6) is 5.75 Å². The molecular formula is C21H20FN5O2. The molecule has 0 radical (unpaired) electrons. The predicted molar refractivity (Wildman–Crippen MR) is 107 cm³/mol. The topological polar surface area (TPSA) is 63.5 Å². The smallest absolute Gasteiger partial charge is 0.262 e. The second-order valence-electron chi connectivity index (χ2n) is 7.23. The summed E-state index contributed by atoms with van der Waals surface area (Å²) in [5.41, 5.74) is 2.85. The lowest BCUT2D eigenvalue weighted by Gasteiger charge is -2.17. The summed E-state index contributed by atoms with van der Waals surface area (Å²) >= 11 is 0. The molecule has 0 N–H and O–H groups in total. The number of carbonyl (C=O) groups excluding carboxylic acids is 1. The number of alkyl halides is 1. The molecule has 2 aliphatic rings. The van der Waals surface area contributed by atoms with E-state index in [1.54, 1.807) is 29.1 Å². The van der Waals surface area contributed by atoms with Crippen molar-refractivity contribution >= 4 is 17.4 Å². The fourth-order valence-corrected chi connectivity index (χ4v) is 3.82. The van der Waals surface area contributed by atoms with E-state index in [9.17, 15) is 9.18 Å². The highest BCUT2D eigenvalue weighted by atomic mass is 19.1. The number of aromatic nitrogens is 3. The summed E-state index contributed by atoms with van der Waals surface area (Å²) in [6.07, 6.45) is 3.19. The second kappa shape index (κ2) is 6.88. The maximum Gasteiger partial charge on any atom is 0.262 e. The zero-order chi connectivity index (χ0) is 20.0. The maximum atomic E-state index is 13.4. The highest BCUT2D eigenvalue weighted by molar-refractivity contribution is 6.09. The summed E-state index contributed by atoms with van der Waals surface area (Å²) in [5.74, 6) is 1.37. The van der Waals surface area contributed by atoms with E-state index in [4.69, 9.17) is 4.74 Å². The molecule has 5 rings (SSSR count). The quantitative estimate of drug-likeness (QED) is 0.682. The van der Waals surface area contributed by atoms with E-state index >= 15 is 0 Å². The number of hydrogen-bond donors (Lipinski definition) is 0. The van der Waals surface area contributed by atoms with E-state index < -0.39 is 6.17 Å². The van der Waals surface area contributed by atoms with Gasteiger partial charge in [-0.2, -0.15) is 5.10 Å².